The first-order valence-electron chi connectivity index (χ1n) is 7.57. The Morgan fingerprint density at radius 1 is 1.18 bits per heavy atom. The highest BCUT2D eigenvalue weighted by atomic mass is 32.1. The summed E-state index contributed by atoms with van der Waals surface area (Å²) in [7, 11) is 4.07. The third kappa shape index (κ3) is 4.18. The summed E-state index contributed by atoms with van der Waals surface area (Å²) in [6.45, 7) is 4.91. The van der Waals surface area contributed by atoms with Crippen molar-refractivity contribution in [1.82, 2.24) is 10.2 Å². The van der Waals surface area contributed by atoms with Gasteiger partial charge in [-0.1, -0.05) is 32.0 Å². The van der Waals surface area contributed by atoms with E-state index in [2.05, 4.69) is 35.5 Å². The van der Waals surface area contributed by atoms with Crippen molar-refractivity contribution in [2.24, 2.45) is 0 Å². The van der Waals surface area contributed by atoms with Gasteiger partial charge in [0.15, 0.2) is 0 Å². The standard InChI is InChI=1S/C18H24N2OS/c1-13(2)14-7-9-15(10-8-14)18(21)19-12-16(20(3)4)17-6-5-11-22-17/h5-11,13,16H,12H2,1-4H3,(H,19,21)/t16-/m0/s1. The van der Waals surface area contributed by atoms with E-state index in [1.165, 1.54) is 10.4 Å². The monoisotopic (exact) mass is 316 g/mol. The number of hydrogen-bond donors (Lipinski definition) is 1. The molecule has 1 N–H and O–H groups in total. The van der Waals surface area contributed by atoms with Gasteiger partial charge >= 0.3 is 0 Å². The molecule has 0 fully saturated rings. The molecule has 0 saturated carbocycles. The van der Waals surface area contributed by atoms with Crippen molar-refractivity contribution in [1.29, 1.82) is 0 Å². The number of carbonyl (C=O) groups excluding carboxylic acids is 1. The third-order valence-corrected chi connectivity index (χ3v) is 4.76. The van der Waals surface area contributed by atoms with Crippen molar-refractivity contribution < 1.29 is 4.79 Å². The quantitative estimate of drug-likeness (QED) is 0.876. The average Bonchev–Trinajstić information content (AvgIpc) is 3.01. The number of nitrogens with one attached hydrogen (secondary N) is 1. The summed E-state index contributed by atoms with van der Waals surface area (Å²) >= 11 is 1.72. The lowest BCUT2D eigenvalue weighted by molar-refractivity contribution is 0.0942. The molecular formula is C18H24N2OS. The molecule has 0 aliphatic heterocycles. The number of amides is 1. The summed E-state index contributed by atoms with van der Waals surface area (Å²) in [6, 6.07) is 12.2. The maximum atomic E-state index is 12.3. The highest BCUT2D eigenvalue weighted by Gasteiger charge is 2.16. The molecule has 0 aliphatic rings. The molecule has 1 amide bonds. The summed E-state index contributed by atoms with van der Waals surface area (Å²) in [6.07, 6.45) is 0. The topological polar surface area (TPSA) is 32.3 Å². The van der Waals surface area contributed by atoms with Crippen LogP contribution in [-0.2, 0) is 0 Å². The molecule has 1 atom stereocenters. The number of benzene rings is 1. The normalized spacial score (nSPS) is 12.6. The first-order chi connectivity index (χ1) is 10.5. The highest BCUT2D eigenvalue weighted by Crippen LogP contribution is 2.22. The predicted octanol–water partition coefficient (Wildman–Crippen LogP) is 3.90. The molecule has 0 saturated heterocycles. The summed E-state index contributed by atoms with van der Waals surface area (Å²) in [5, 5.41) is 5.11. The van der Waals surface area contributed by atoms with Crippen LogP contribution in [0.4, 0.5) is 0 Å². The van der Waals surface area contributed by atoms with Gasteiger partial charge in [-0.25, -0.2) is 0 Å². The van der Waals surface area contributed by atoms with E-state index in [1.807, 2.05) is 44.4 Å². The summed E-state index contributed by atoms with van der Waals surface area (Å²) < 4.78 is 0. The first kappa shape index (κ1) is 16.7. The van der Waals surface area contributed by atoms with Gasteiger partial charge < -0.3 is 10.2 Å². The van der Waals surface area contributed by atoms with Crippen LogP contribution < -0.4 is 5.32 Å². The Bertz CT molecular complexity index is 588. The van der Waals surface area contributed by atoms with Gasteiger partial charge in [-0.3, -0.25) is 4.79 Å². The Kier molecular flexibility index (Phi) is 5.75. The lowest BCUT2D eigenvalue weighted by Gasteiger charge is -2.23. The van der Waals surface area contributed by atoms with Crippen LogP contribution in [0, 0.1) is 0 Å². The summed E-state index contributed by atoms with van der Waals surface area (Å²) in [5.41, 5.74) is 1.97. The maximum absolute atomic E-state index is 12.3. The fourth-order valence-corrected chi connectivity index (χ4v) is 3.25. The number of likely N-dealkylation sites (N-methyl/N-ethyl adjacent to an activating group) is 1. The van der Waals surface area contributed by atoms with Crippen molar-refractivity contribution in [3.8, 4) is 0 Å². The van der Waals surface area contributed by atoms with E-state index < -0.39 is 0 Å². The van der Waals surface area contributed by atoms with E-state index in [9.17, 15) is 4.79 Å². The fourth-order valence-electron chi connectivity index (χ4n) is 2.33. The molecule has 2 aromatic rings. The molecule has 0 spiro atoms. The maximum Gasteiger partial charge on any atom is 0.251 e. The Balaban J connectivity index is 1.99. The molecule has 118 valence electrons. The fraction of sp³-hybridized carbons (Fsp3) is 0.389. The second-order valence-electron chi connectivity index (χ2n) is 5.98. The lowest BCUT2D eigenvalue weighted by Crippen LogP contribution is -2.34. The summed E-state index contributed by atoms with van der Waals surface area (Å²) in [5.74, 6) is 0.466. The number of hydrogen-bond acceptors (Lipinski definition) is 3. The molecule has 1 aromatic heterocycles. The minimum atomic E-state index is -0.0151. The summed E-state index contributed by atoms with van der Waals surface area (Å²) in [4.78, 5) is 15.7. The van der Waals surface area contributed by atoms with E-state index in [0.29, 0.717) is 18.0 Å². The highest BCUT2D eigenvalue weighted by molar-refractivity contribution is 7.10. The van der Waals surface area contributed by atoms with Crippen molar-refractivity contribution in [2.75, 3.05) is 20.6 Å². The van der Waals surface area contributed by atoms with Gasteiger partial charge in [0.2, 0.25) is 0 Å². The van der Waals surface area contributed by atoms with Crippen LogP contribution in [-0.4, -0.2) is 31.4 Å². The van der Waals surface area contributed by atoms with Crippen LogP contribution in [0.25, 0.3) is 0 Å². The molecule has 0 radical (unpaired) electrons. The van der Waals surface area contributed by atoms with Crippen molar-refractivity contribution >= 4 is 17.2 Å². The predicted molar refractivity (Wildman–Crippen MR) is 93.6 cm³/mol. The van der Waals surface area contributed by atoms with E-state index in [4.69, 9.17) is 0 Å². The zero-order valence-electron chi connectivity index (χ0n) is 13.7. The van der Waals surface area contributed by atoms with E-state index in [-0.39, 0.29) is 11.9 Å². The Labute approximate surface area is 137 Å². The molecule has 2 rings (SSSR count). The number of nitrogens with zero attached hydrogens (tertiary/aromatic N) is 1. The Morgan fingerprint density at radius 2 is 1.86 bits per heavy atom. The van der Waals surface area contributed by atoms with Crippen molar-refractivity contribution in [3.05, 3.63) is 57.8 Å². The SMILES string of the molecule is CC(C)c1ccc(C(=O)NC[C@@H](c2cccs2)N(C)C)cc1. The Morgan fingerprint density at radius 3 is 2.36 bits per heavy atom. The van der Waals surface area contributed by atoms with Gasteiger partial charge in [-0.05, 0) is 49.2 Å². The van der Waals surface area contributed by atoms with Crippen LogP contribution in [0.3, 0.4) is 0 Å². The smallest absolute Gasteiger partial charge is 0.251 e. The molecule has 0 aliphatic carbocycles. The van der Waals surface area contributed by atoms with Crippen molar-refractivity contribution in [3.63, 3.8) is 0 Å². The van der Waals surface area contributed by atoms with Gasteiger partial charge in [0.05, 0.1) is 6.04 Å². The molecule has 1 heterocycles. The molecule has 3 nitrogen and oxygen atoms in total. The van der Waals surface area contributed by atoms with Crippen LogP contribution >= 0.6 is 11.3 Å². The number of rotatable bonds is 6. The molecule has 22 heavy (non-hydrogen) atoms. The minimum Gasteiger partial charge on any atom is -0.350 e. The number of thiophene rings is 1. The second kappa shape index (κ2) is 7.56. The third-order valence-electron chi connectivity index (χ3n) is 3.79. The van der Waals surface area contributed by atoms with E-state index in [0.717, 1.165) is 0 Å². The number of carbonyl (C=O) groups is 1. The van der Waals surface area contributed by atoms with Crippen LogP contribution in [0.15, 0.2) is 41.8 Å². The molecule has 0 bridgehead atoms. The molecule has 0 unspecified atom stereocenters. The van der Waals surface area contributed by atoms with E-state index >= 15 is 0 Å². The van der Waals surface area contributed by atoms with Gasteiger partial charge in [0, 0.05) is 17.0 Å². The van der Waals surface area contributed by atoms with Crippen LogP contribution in [0.1, 0.15) is 46.6 Å². The Hall–Kier alpha value is -1.65. The van der Waals surface area contributed by atoms with Crippen LogP contribution in [0.2, 0.25) is 0 Å². The molecule has 1 aromatic carbocycles. The first-order valence-corrected chi connectivity index (χ1v) is 8.45. The van der Waals surface area contributed by atoms with Crippen molar-refractivity contribution in [2.45, 2.75) is 25.8 Å². The zero-order chi connectivity index (χ0) is 16.1. The molecule has 4 heteroatoms. The second-order valence-corrected chi connectivity index (χ2v) is 6.96. The van der Waals surface area contributed by atoms with Crippen LogP contribution in [0.5, 0.6) is 0 Å². The van der Waals surface area contributed by atoms with Gasteiger partial charge in [-0.15, -0.1) is 11.3 Å². The van der Waals surface area contributed by atoms with E-state index in [1.54, 1.807) is 11.3 Å². The van der Waals surface area contributed by atoms with Gasteiger partial charge in [0.25, 0.3) is 5.91 Å². The largest absolute Gasteiger partial charge is 0.350 e. The van der Waals surface area contributed by atoms with Gasteiger partial charge in [0.1, 0.15) is 0 Å². The lowest BCUT2D eigenvalue weighted by atomic mass is 10.0. The van der Waals surface area contributed by atoms with Gasteiger partial charge in [-0.2, -0.15) is 0 Å². The molecular weight excluding hydrogens is 292 g/mol. The zero-order valence-corrected chi connectivity index (χ0v) is 14.5. The minimum absolute atomic E-state index is 0.0151. The average molecular weight is 316 g/mol.